The highest BCUT2D eigenvalue weighted by molar-refractivity contribution is 5.73. The van der Waals surface area contributed by atoms with E-state index >= 15 is 0 Å². The number of rotatable bonds is 5. The first-order valence-corrected chi connectivity index (χ1v) is 11.8. The lowest BCUT2D eigenvalue weighted by atomic mass is 9.80. The zero-order valence-electron chi connectivity index (χ0n) is 19.9. The second kappa shape index (κ2) is 8.82. The third kappa shape index (κ3) is 4.28. The van der Waals surface area contributed by atoms with Crippen molar-refractivity contribution < 1.29 is 17.6 Å². The summed E-state index contributed by atoms with van der Waals surface area (Å²) in [6.45, 7) is 7.25. The summed E-state index contributed by atoms with van der Waals surface area (Å²) in [5, 5.41) is 9.64. The van der Waals surface area contributed by atoms with E-state index in [1.165, 1.54) is 10.6 Å². The van der Waals surface area contributed by atoms with Crippen molar-refractivity contribution in [3.63, 3.8) is 0 Å². The molecule has 3 aromatic rings. The van der Waals surface area contributed by atoms with Gasteiger partial charge in [-0.1, -0.05) is 12.6 Å². The number of aromatic nitrogens is 2. The summed E-state index contributed by atoms with van der Waals surface area (Å²) in [5.74, 6) is -0.409. The summed E-state index contributed by atoms with van der Waals surface area (Å²) in [6.07, 6.45) is -2.00. The Hall–Kier alpha value is -3.58. The lowest BCUT2D eigenvalue weighted by molar-refractivity contribution is -0.137. The van der Waals surface area contributed by atoms with Crippen molar-refractivity contribution in [3.05, 3.63) is 75.7 Å². The molecule has 1 saturated heterocycles. The van der Waals surface area contributed by atoms with E-state index in [4.69, 9.17) is 4.42 Å². The van der Waals surface area contributed by atoms with Crippen LogP contribution in [0.3, 0.4) is 0 Å². The smallest absolute Gasteiger partial charge is 0.408 e. The van der Waals surface area contributed by atoms with Gasteiger partial charge in [0.15, 0.2) is 5.58 Å². The molecule has 0 aliphatic carbocycles. The molecule has 0 saturated carbocycles. The number of hydrogen-bond acceptors (Lipinski definition) is 6. The van der Waals surface area contributed by atoms with Gasteiger partial charge in [0.25, 0.3) is 0 Å². The maximum absolute atomic E-state index is 13.2. The van der Waals surface area contributed by atoms with E-state index in [2.05, 4.69) is 22.5 Å². The van der Waals surface area contributed by atoms with Crippen LogP contribution < -0.4 is 5.76 Å². The number of alkyl halides is 3. The Morgan fingerprint density at radius 1 is 1.31 bits per heavy atom. The molecule has 0 bridgehead atoms. The van der Waals surface area contributed by atoms with Gasteiger partial charge >= 0.3 is 11.9 Å². The molecule has 0 spiro atoms. The van der Waals surface area contributed by atoms with Crippen LogP contribution in [0.4, 0.5) is 13.2 Å². The van der Waals surface area contributed by atoms with Gasteiger partial charge in [0, 0.05) is 69.1 Å². The number of oxazole rings is 1. The van der Waals surface area contributed by atoms with Crippen molar-refractivity contribution in [2.24, 2.45) is 12.5 Å². The second-order valence-corrected chi connectivity index (χ2v) is 9.75. The Morgan fingerprint density at radius 2 is 2.11 bits per heavy atom. The van der Waals surface area contributed by atoms with Gasteiger partial charge in [-0.3, -0.25) is 14.5 Å². The summed E-state index contributed by atoms with van der Waals surface area (Å²) >= 11 is 0. The molecule has 5 rings (SSSR count). The molecular weight excluding hydrogens is 471 g/mol. The van der Waals surface area contributed by atoms with E-state index in [-0.39, 0.29) is 6.42 Å². The molecule has 10 heteroatoms. The number of fused-ring (bicyclic) bond motifs is 2. The topological polar surface area (TPSA) is 78.3 Å². The first kappa shape index (κ1) is 24.1. The van der Waals surface area contributed by atoms with E-state index < -0.39 is 22.9 Å². The van der Waals surface area contributed by atoms with Crippen LogP contribution in [-0.4, -0.2) is 39.0 Å². The Kier molecular flexibility index (Phi) is 5.91. The van der Waals surface area contributed by atoms with Gasteiger partial charge in [0.05, 0.1) is 17.1 Å². The third-order valence-corrected chi connectivity index (χ3v) is 7.47. The molecular formula is C26H26F3N5O2. The van der Waals surface area contributed by atoms with E-state index in [9.17, 15) is 23.2 Å². The number of benzene rings is 1. The fraction of sp³-hybridized carbons (Fsp3) is 0.423. The standard InChI is InChI=1S/C26H26F3N5O2/c1-17(34-9-5-21-19(15-34)12-20(13-31-21)26(27,28)29)25(6-8-30)7-10-33(16-25)14-18-3-4-23-22(11-18)32(2)24(35)36-23/h3-4,11-13H,1,5-7,9-10,14-16H2,2H3. The number of pyridine rings is 1. The van der Waals surface area contributed by atoms with Crippen molar-refractivity contribution in [1.82, 2.24) is 19.4 Å². The molecule has 2 aliphatic rings. The monoisotopic (exact) mass is 497 g/mol. The molecule has 2 aliphatic heterocycles. The molecule has 2 aromatic heterocycles. The second-order valence-electron chi connectivity index (χ2n) is 9.75. The van der Waals surface area contributed by atoms with Crippen LogP contribution in [0.15, 0.2) is 51.9 Å². The normalized spacial score (nSPS) is 20.5. The van der Waals surface area contributed by atoms with Crippen molar-refractivity contribution in [3.8, 4) is 6.07 Å². The summed E-state index contributed by atoms with van der Waals surface area (Å²) in [7, 11) is 1.67. The number of halogens is 3. The summed E-state index contributed by atoms with van der Waals surface area (Å²) < 4.78 is 46.3. The molecule has 1 aromatic carbocycles. The Balaban J connectivity index is 1.34. The fourth-order valence-corrected chi connectivity index (χ4v) is 5.40. The predicted molar refractivity (Wildman–Crippen MR) is 127 cm³/mol. The minimum atomic E-state index is -4.44. The SMILES string of the molecule is C=C(N1CCc2ncc(C(F)(F)F)cc2C1)C1(CC#N)CCN(Cc2ccc3oc(=O)n(C)c3c2)C1. The largest absolute Gasteiger partial charge is 0.419 e. The van der Waals surface area contributed by atoms with Gasteiger partial charge < -0.3 is 9.32 Å². The lowest BCUT2D eigenvalue weighted by Crippen LogP contribution is -2.40. The van der Waals surface area contributed by atoms with Crippen molar-refractivity contribution in [2.45, 2.75) is 38.5 Å². The molecule has 4 heterocycles. The Labute approximate surface area is 206 Å². The van der Waals surface area contributed by atoms with Gasteiger partial charge in [-0.15, -0.1) is 0 Å². The van der Waals surface area contributed by atoms with Crippen LogP contribution in [0, 0.1) is 16.7 Å². The number of nitrogens with zero attached hydrogens (tertiary/aromatic N) is 5. The average molecular weight is 498 g/mol. The minimum absolute atomic E-state index is 0.280. The van der Waals surface area contributed by atoms with Crippen LogP contribution in [0.1, 0.15) is 35.2 Å². The predicted octanol–water partition coefficient (Wildman–Crippen LogP) is 4.22. The number of aryl methyl sites for hydroxylation is 1. The van der Waals surface area contributed by atoms with E-state index in [0.29, 0.717) is 49.4 Å². The number of nitriles is 1. The van der Waals surface area contributed by atoms with Crippen LogP contribution in [0.5, 0.6) is 0 Å². The van der Waals surface area contributed by atoms with E-state index in [0.717, 1.165) is 35.9 Å². The maximum Gasteiger partial charge on any atom is 0.419 e. The first-order valence-electron chi connectivity index (χ1n) is 11.8. The molecule has 1 atom stereocenters. The quantitative estimate of drug-likeness (QED) is 0.525. The molecule has 0 amide bonds. The Bertz CT molecular complexity index is 1430. The average Bonchev–Trinajstić information content (AvgIpc) is 3.38. The summed E-state index contributed by atoms with van der Waals surface area (Å²) in [4.78, 5) is 20.1. The highest BCUT2D eigenvalue weighted by atomic mass is 19.4. The first-order chi connectivity index (χ1) is 17.1. The minimum Gasteiger partial charge on any atom is -0.408 e. The van der Waals surface area contributed by atoms with Crippen LogP contribution in [0.25, 0.3) is 11.1 Å². The van der Waals surface area contributed by atoms with Crippen LogP contribution in [-0.2, 0) is 32.7 Å². The van der Waals surface area contributed by atoms with Gasteiger partial charge in [-0.25, -0.2) is 4.79 Å². The Morgan fingerprint density at radius 3 is 2.86 bits per heavy atom. The number of hydrogen-bond donors (Lipinski definition) is 0. The fourth-order valence-electron chi connectivity index (χ4n) is 5.40. The molecule has 188 valence electrons. The zero-order chi connectivity index (χ0) is 25.7. The number of likely N-dealkylation sites (tertiary alicyclic amines) is 1. The lowest BCUT2D eigenvalue weighted by Gasteiger charge is -2.40. The molecule has 1 fully saturated rings. The van der Waals surface area contributed by atoms with Gasteiger partial charge in [-0.2, -0.15) is 18.4 Å². The summed E-state index contributed by atoms with van der Waals surface area (Å²) in [6, 6.07) is 9.15. The molecule has 1 unspecified atom stereocenters. The summed E-state index contributed by atoms with van der Waals surface area (Å²) in [5.41, 5.74) is 3.08. The highest BCUT2D eigenvalue weighted by Gasteiger charge is 2.43. The zero-order valence-corrected chi connectivity index (χ0v) is 19.9. The van der Waals surface area contributed by atoms with E-state index in [1.54, 1.807) is 13.1 Å². The van der Waals surface area contributed by atoms with Crippen LogP contribution >= 0.6 is 0 Å². The van der Waals surface area contributed by atoms with Crippen molar-refractivity contribution in [2.75, 3.05) is 19.6 Å². The van der Waals surface area contributed by atoms with Gasteiger partial charge in [-0.05, 0) is 42.3 Å². The van der Waals surface area contributed by atoms with E-state index in [1.807, 2.05) is 17.0 Å². The highest BCUT2D eigenvalue weighted by Crippen LogP contribution is 2.43. The maximum atomic E-state index is 13.2. The third-order valence-electron chi connectivity index (χ3n) is 7.47. The van der Waals surface area contributed by atoms with Crippen LogP contribution in [0.2, 0.25) is 0 Å². The molecule has 0 radical (unpaired) electrons. The van der Waals surface area contributed by atoms with Crippen molar-refractivity contribution in [1.29, 1.82) is 5.26 Å². The van der Waals surface area contributed by atoms with Gasteiger partial charge in [0.2, 0.25) is 0 Å². The van der Waals surface area contributed by atoms with Gasteiger partial charge in [0.1, 0.15) is 0 Å². The molecule has 0 N–H and O–H groups in total. The molecule has 36 heavy (non-hydrogen) atoms. The molecule has 7 nitrogen and oxygen atoms in total. The van der Waals surface area contributed by atoms with Crippen molar-refractivity contribution >= 4 is 11.1 Å².